The molecule has 5 rings (SSSR count). The smallest absolute Gasteiger partial charge is 0.339 e. The standard InChI is InChI=1S/C27H24FNO4/c28-22-9-7-21(8-10-22)27(12-14-32-15-13-27)29-25(30)19-6-11-23-20(16-19)17-24(33-26(23)31)18-4-2-1-3-5-18/h1-11,16,24H,12-15,17H2,(H,29,30). The van der Waals surface area contributed by atoms with E-state index in [4.69, 9.17) is 9.47 Å². The number of halogens is 1. The summed E-state index contributed by atoms with van der Waals surface area (Å²) in [4.78, 5) is 25.9. The van der Waals surface area contributed by atoms with E-state index in [1.54, 1.807) is 30.3 Å². The van der Waals surface area contributed by atoms with Crippen molar-refractivity contribution in [2.75, 3.05) is 13.2 Å². The molecule has 1 atom stereocenters. The number of rotatable bonds is 4. The molecule has 3 aromatic rings. The first kappa shape index (κ1) is 21.3. The fourth-order valence-electron chi connectivity index (χ4n) is 4.65. The Bertz CT molecular complexity index is 1170. The normalized spacial score (nSPS) is 19.3. The molecule has 1 amide bonds. The molecule has 2 aliphatic rings. The van der Waals surface area contributed by atoms with E-state index in [2.05, 4.69) is 5.32 Å². The van der Waals surface area contributed by atoms with Gasteiger partial charge in [0, 0.05) is 25.2 Å². The number of cyclic esters (lactones) is 1. The first-order valence-corrected chi connectivity index (χ1v) is 11.1. The molecule has 0 radical (unpaired) electrons. The zero-order valence-corrected chi connectivity index (χ0v) is 18.1. The lowest BCUT2D eigenvalue weighted by Crippen LogP contribution is -2.49. The molecule has 1 saturated heterocycles. The lowest BCUT2D eigenvalue weighted by Gasteiger charge is -2.38. The van der Waals surface area contributed by atoms with Crippen LogP contribution in [-0.2, 0) is 21.4 Å². The Morgan fingerprint density at radius 2 is 1.70 bits per heavy atom. The topological polar surface area (TPSA) is 64.6 Å². The van der Waals surface area contributed by atoms with Crippen LogP contribution in [0.1, 0.15) is 56.4 Å². The maximum atomic E-state index is 13.5. The van der Waals surface area contributed by atoms with Crippen molar-refractivity contribution >= 4 is 11.9 Å². The zero-order chi connectivity index (χ0) is 22.8. The van der Waals surface area contributed by atoms with E-state index in [1.165, 1.54) is 12.1 Å². The highest BCUT2D eigenvalue weighted by atomic mass is 19.1. The van der Waals surface area contributed by atoms with Gasteiger partial charge >= 0.3 is 5.97 Å². The quantitative estimate of drug-likeness (QED) is 0.591. The highest BCUT2D eigenvalue weighted by Crippen LogP contribution is 2.34. The number of carbonyl (C=O) groups excluding carboxylic acids is 2. The number of esters is 1. The van der Waals surface area contributed by atoms with E-state index in [0.717, 1.165) is 16.7 Å². The van der Waals surface area contributed by atoms with Crippen LogP contribution in [0.3, 0.4) is 0 Å². The second-order valence-corrected chi connectivity index (χ2v) is 8.54. The van der Waals surface area contributed by atoms with E-state index in [-0.39, 0.29) is 23.8 Å². The maximum absolute atomic E-state index is 13.5. The van der Waals surface area contributed by atoms with Crippen LogP contribution < -0.4 is 5.32 Å². The van der Waals surface area contributed by atoms with Gasteiger partial charge in [0.05, 0.1) is 11.1 Å². The Morgan fingerprint density at radius 3 is 2.42 bits per heavy atom. The molecular formula is C27H24FNO4. The van der Waals surface area contributed by atoms with Crippen LogP contribution in [0.2, 0.25) is 0 Å². The van der Waals surface area contributed by atoms with E-state index >= 15 is 0 Å². The number of nitrogens with one attached hydrogen (secondary N) is 1. The van der Waals surface area contributed by atoms with Gasteiger partial charge < -0.3 is 14.8 Å². The van der Waals surface area contributed by atoms with Crippen molar-refractivity contribution in [1.82, 2.24) is 5.32 Å². The van der Waals surface area contributed by atoms with Crippen LogP contribution in [0, 0.1) is 5.82 Å². The van der Waals surface area contributed by atoms with Gasteiger partial charge in [-0.1, -0.05) is 42.5 Å². The molecule has 2 heterocycles. The largest absolute Gasteiger partial charge is 0.454 e. The minimum atomic E-state index is -0.634. The molecule has 2 aliphatic heterocycles. The van der Waals surface area contributed by atoms with E-state index < -0.39 is 5.54 Å². The van der Waals surface area contributed by atoms with Crippen molar-refractivity contribution in [3.63, 3.8) is 0 Å². The summed E-state index contributed by atoms with van der Waals surface area (Å²) in [5.74, 6) is -0.940. The Balaban J connectivity index is 1.42. The minimum absolute atomic E-state index is 0.237. The first-order valence-electron chi connectivity index (χ1n) is 11.1. The fourth-order valence-corrected chi connectivity index (χ4v) is 4.65. The van der Waals surface area contributed by atoms with Crippen molar-refractivity contribution in [2.45, 2.75) is 30.9 Å². The number of amides is 1. The van der Waals surface area contributed by atoms with Crippen LogP contribution in [0.15, 0.2) is 72.8 Å². The molecule has 0 aliphatic carbocycles. The van der Waals surface area contributed by atoms with Gasteiger partial charge in [0.2, 0.25) is 0 Å². The summed E-state index contributed by atoms with van der Waals surface area (Å²) >= 11 is 0. The molecule has 1 fully saturated rings. The molecule has 0 spiro atoms. The third-order valence-corrected chi connectivity index (χ3v) is 6.51. The summed E-state index contributed by atoms with van der Waals surface area (Å²) in [5.41, 5.74) is 2.89. The molecule has 168 valence electrons. The summed E-state index contributed by atoms with van der Waals surface area (Å²) in [7, 11) is 0. The van der Waals surface area contributed by atoms with Gasteiger partial charge in [0.25, 0.3) is 5.91 Å². The van der Waals surface area contributed by atoms with Crippen LogP contribution in [0.5, 0.6) is 0 Å². The molecule has 0 bridgehead atoms. The molecule has 6 heteroatoms. The predicted octanol–water partition coefficient (Wildman–Crippen LogP) is 4.72. The molecule has 5 nitrogen and oxygen atoms in total. The minimum Gasteiger partial charge on any atom is -0.454 e. The summed E-state index contributed by atoms with van der Waals surface area (Å²) in [6.45, 7) is 1.01. The Morgan fingerprint density at radius 1 is 0.970 bits per heavy atom. The molecule has 1 unspecified atom stereocenters. The van der Waals surface area contributed by atoms with Gasteiger partial charge in [-0.25, -0.2) is 9.18 Å². The van der Waals surface area contributed by atoms with E-state index in [0.29, 0.717) is 43.6 Å². The van der Waals surface area contributed by atoms with E-state index in [1.807, 2.05) is 30.3 Å². The third kappa shape index (κ3) is 4.26. The van der Waals surface area contributed by atoms with Gasteiger partial charge in [0.15, 0.2) is 0 Å². The van der Waals surface area contributed by atoms with Crippen molar-refractivity contribution in [3.05, 3.63) is 106 Å². The van der Waals surface area contributed by atoms with Gasteiger partial charge in [-0.15, -0.1) is 0 Å². The number of hydrogen-bond donors (Lipinski definition) is 1. The number of carbonyl (C=O) groups is 2. The molecule has 0 saturated carbocycles. The number of benzene rings is 3. The highest BCUT2D eigenvalue weighted by molar-refractivity contribution is 5.98. The monoisotopic (exact) mass is 445 g/mol. The molecule has 1 N–H and O–H groups in total. The SMILES string of the molecule is O=C(NC1(c2ccc(F)cc2)CCOCC1)c1ccc2c(c1)CC(c1ccccc1)OC2=O. The molecular weight excluding hydrogens is 421 g/mol. The van der Waals surface area contributed by atoms with Gasteiger partial charge in [0.1, 0.15) is 11.9 Å². The summed E-state index contributed by atoms with van der Waals surface area (Å²) in [6, 6.07) is 20.9. The molecule has 0 aromatic heterocycles. The van der Waals surface area contributed by atoms with Gasteiger partial charge in [-0.05, 0) is 59.9 Å². The average molecular weight is 445 g/mol. The molecule has 33 heavy (non-hydrogen) atoms. The van der Waals surface area contributed by atoms with Gasteiger partial charge in [-0.3, -0.25) is 4.79 Å². The van der Waals surface area contributed by atoms with Gasteiger partial charge in [-0.2, -0.15) is 0 Å². The first-order chi connectivity index (χ1) is 16.0. The number of hydrogen-bond acceptors (Lipinski definition) is 4. The van der Waals surface area contributed by atoms with Crippen molar-refractivity contribution in [2.24, 2.45) is 0 Å². The average Bonchev–Trinajstić information content (AvgIpc) is 2.85. The van der Waals surface area contributed by atoms with Crippen molar-refractivity contribution in [1.29, 1.82) is 0 Å². The van der Waals surface area contributed by atoms with Crippen LogP contribution in [0.4, 0.5) is 4.39 Å². The van der Waals surface area contributed by atoms with Crippen LogP contribution in [-0.4, -0.2) is 25.1 Å². The lowest BCUT2D eigenvalue weighted by atomic mass is 9.82. The fraction of sp³-hybridized carbons (Fsp3) is 0.259. The Kier molecular flexibility index (Phi) is 5.68. The molecule has 3 aromatic carbocycles. The zero-order valence-electron chi connectivity index (χ0n) is 18.1. The second kappa shape index (κ2) is 8.79. The highest BCUT2D eigenvalue weighted by Gasteiger charge is 2.36. The summed E-state index contributed by atoms with van der Waals surface area (Å²) in [5, 5.41) is 3.19. The second-order valence-electron chi connectivity index (χ2n) is 8.54. The Hall–Kier alpha value is -3.51. The predicted molar refractivity (Wildman–Crippen MR) is 120 cm³/mol. The maximum Gasteiger partial charge on any atom is 0.339 e. The Labute approximate surface area is 191 Å². The van der Waals surface area contributed by atoms with Crippen LogP contribution in [0.25, 0.3) is 0 Å². The summed E-state index contributed by atoms with van der Waals surface area (Å²) < 4.78 is 24.6. The third-order valence-electron chi connectivity index (χ3n) is 6.51. The van der Waals surface area contributed by atoms with E-state index in [9.17, 15) is 14.0 Å². The van der Waals surface area contributed by atoms with Crippen LogP contribution >= 0.6 is 0 Å². The van der Waals surface area contributed by atoms with Crippen molar-refractivity contribution < 1.29 is 23.5 Å². The summed E-state index contributed by atoms with van der Waals surface area (Å²) in [6.07, 6.45) is 1.31. The lowest BCUT2D eigenvalue weighted by molar-refractivity contribution is 0.0251. The van der Waals surface area contributed by atoms with Crippen molar-refractivity contribution in [3.8, 4) is 0 Å². The number of ether oxygens (including phenoxy) is 2. The number of fused-ring (bicyclic) bond motifs is 1.